The van der Waals surface area contributed by atoms with Crippen LogP contribution in [-0.2, 0) is 0 Å². The molecule has 0 unspecified atom stereocenters. The van der Waals surface area contributed by atoms with E-state index in [2.05, 4.69) is 17.2 Å². The number of amides is 2. The molecule has 0 aliphatic carbocycles. The zero-order chi connectivity index (χ0) is 12.3. The first kappa shape index (κ1) is 11.7. The summed E-state index contributed by atoms with van der Waals surface area (Å²) in [6.45, 7) is 4.00. The zero-order valence-corrected chi connectivity index (χ0v) is 9.77. The molecule has 0 bridgehead atoms. The van der Waals surface area contributed by atoms with Gasteiger partial charge in [0.15, 0.2) is 0 Å². The van der Waals surface area contributed by atoms with Gasteiger partial charge in [-0.3, -0.25) is 19.5 Å². The Hall–Kier alpha value is -1.75. The summed E-state index contributed by atoms with van der Waals surface area (Å²) in [6, 6.07) is 1.59. The maximum absolute atomic E-state index is 11.9. The lowest BCUT2D eigenvalue weighted by Crippen LogP contribution is -2.36. The second-order valence-corrected chi connectivity index (χ2v) is 3.93. The summed E-state index contributed by atoms with van der Waals surface area (Å²) in [7, 11) is 0. The van der Waals surface area contributed by atoms with Crippen LogP contribution in [0.5, 0.6) is 0 Å². The summed E-state index contributed by atoms with van der Waals surface area (Å²) in [5, 5.41) is 3.17. The van der Waals surface area contributed by atoms with Crippen LogP contribution in [0, 0.1) is 0 Å². The highest BCUT2D eigenvalue weighted by molar-refractivity contribution is 6.21. The molecule has 1 aromatic heterocycles. The molecular formula is C12H15N3O2. The van der Waals surface area contributed by atoms with Gasteiger partial charge in [-0.25, -0.2) is 0 Å². The predicted octanol–water partition coefficient (Wildman–Crippen LogP) is 0.677. The lowest BCUT2D eigenvalue weighted by atomic mass is 10.2. The Morgan fingerprint density at radius 1 is 1.24 bits per heavy atom. The number of imide groups is 1. The topological polar surface area (TPSA) is 62.3 Å². The molecule has 0 atom stereocenters. The van der Waals surface area contributed by atoms with Crippen molar-refractivity contribution >= 4 is 11.8 Å². The first-order valence-electron chi connectivity index (χ1n) is 5.76. The molecule has 0 saturated heterocycles. The van der Waals surface area contributed by atoms with Gasteiger partial charge in [-0.2, -0.15) is 0 Å². The Morgan fingerprint density at radius 3 is 2.71 bits per heavy atom. The van der Waals surface area contributed by atoms with Gasteiger partial charge in [0.05, 0.1) is 11.1 Å². The minimum atomic E-state index is -0.239. The summed E-state index contributed by atoms with van der Waals surface area (Å²) in [5.41, 5.74) is 0.869. The van der Waals surface area contributed by atoms with Crippen LogP contribution in [0.15, 0.2) is 18.5 Å². The van der Waals surface area contributed by atoms with Crippen molar-refractivity contribution in [1.82, 2.24) is 15.2 Å². The summed E-state index contributed by atoms with van der Waals surface area (Å²) < 4.78 is 0. The van der Waals surface area contributed by atoms with Crippen LogP contribution in [0.2, 0.25) is 0 Å². The molecule has 0 aromatic carbocycles. The van der Waals surface area contributed by atoms with E-state index in [9.17, 15) is 9.59 Å². The first-order valence-corrected chi connectivity index (χ1v) is 5.76. The van der Waals surface area contributed by atoms with Crippen LogP contribution < -0.4 is 5.32 Å². The zero-order valence-electron chi connectivity index (χ0n) is 9.77. The first-order chi connectivity index (χ1) is 8.25. The standard InChI is InChI=1S/C12H15N3O2/c1-2-4-13-6-7-15-11(16)9-3-5-14-8-10(9)12(15)17/h3,5,8,13H,2,4,6-7H2,1H3. The SMILES string of the molecule is CCCNCCN1C(=O)c2ccncc2C1=O. The quantitative estimate of drug-likeness (QED) is 0.600. The number of rotatable bonds is 5. The summed E-state index contributed by atoms with van der Waals surface area (Å²) >= 11 is 0. The number of hydrogen-bond donors (Lipinski definition) is 1. The fourth-order valence-electron chi connectivity index (χ4n) is 1.83. The lowest BCUT2D eigenvalue weighted by molar-refractivity contribution is 0.0655. The fraction of sp³-hybridized carbons (Fsp3) is 0.417. The van der Waals surface area contributed by atoms with Crippen molar-refractivity contribution in [2.24, 2.45) is 0 Å². The fourth-order valence-corrected chi connectivity index (χ4v) is 1.83. The van der Waals surface area contributed by atoms with Gasteiger partial charge in [0.25, 0.3) is 11.8 Å². The average molecular weight is 233 g/mol. The number of carbonyl (C=O) groups excluding carboxylic acids is 2. The number of nitrogens with one attached hydrogen (secondary N) is 1. The Bertz CT molecular complexity index is 410. The molecule has 5 nitrogen and oxygen atoms in total. The number of hydrogen-bond acceptors (Lipinski definition) is 4. The summed E-state index contributed by atoms with van der Waals surface area (Å²) in [5.74, 6) is -0.456. The van der Waals surface area contributed by atoms with Crippen LogP contribution in [0.3, 0.4) is 0 Å². The van der Waals surface area contributed by atoms with Gasteiger partial charge in [-0.15, -0.1) is 0 Å². The largest absolute Gasteiger partial charge is 0.315 e. The predicted molar refractivity (Wildman–Crippen MR) is 62.8 cm³/mol. The Labute approximate surface area is 99.8 Å². The Balaban J connectivity index is 2.03. The molecule has 2 heterocycles. The van der Waals surface area contributed by atoms with Crippen LogP contribution >= 0.6 is 0 Å². The van der Waals surface area contributed by atoms with Gasteiger partial charge >= 0.3 is 0 Å². The summed E-state index contributed by atoms with van der Waals surface area (Å²) in [4.78, 5) is 29.0. The molecule has 0 radical (unpaired) electrons. The van der Waals surface area contributed by atoms with E-state index in [-0.39, 0.29) is 11.8 Å². The normalized spacial score (nSPS) is 14.3. The Morgan fingerprint density at radius 2 is 2.00 bits per heavy atom. The third-order valence-corrected chi connectivity index (χ3v) is 2.71. The molecule has 0 saturated carbocycles. The van der Waals surface area contributed by atoms with E-state index in [1.807, 2.05) is 0 Å². The number of pyridine rings is 1. The molecule has 1 N–H and O–H groups in total. The molecule has 5 heteroatoms. The van der Waals surface area contributed by atoms with Crippen molar-refractivity contribution in [2.45, 2.75) is 13.3 Å². The molecule has 1 aliphatic heterocycles. The third kappa shape index (κ3) is 2.19. The van der Waals surface area contributed by atoms with Crippen LogP contribution in [-0.4, -0.2) is 41.3 Å². The van der Waals surface area contributed by atoms with E-state index >= 15 is 0 Å². The number of carbonyl (C=O) groups is 2. The minimum Gasteiger partial charge on any atom is -0.315 e. The molecular weight excluding hydrogens is 218 g/mol. The maximum Gasteiger partial charge on any atom is 0.263 e. The van der Waals surface area contributed by atoms with Gasteiger partial charge in [0, 0.05) is 25.5 Å². The highest BCUT2D eigenvalue weighted by atomic mass is 16.2. The second-order valence-electron chi connectivity index (χ2n) is 3.93. The Kier molecular flexibility index (Phi) is 3.49. The summed E-state index contributed by atoms with van der Waals surface area (Å²) in [6.07, 6.45) is 4.02. The highest BCUT2D eigenvalue weighted by Crippen LogP contribution is 2.20. The van der Waals surface area contributed by atoms with E-state index < -0.39 is 0 Å². The number of aromatic nitrogens is 1. The highest BCUT2D eigenvalue weighted by Gasteiger charge is 2.34. The van der Waals surface area contributed by atoms with Gasteiger partial charge in [-0.1, -0.05) is 6.92 Å². The van der Waals surface area contributed by atoms with Crippen molar-refractivity contribution in [1.29, 1.82) is 0 Å². The molecule has 1 aromatic rings. The smallest absolute Gasteiger partial charge is 0.263 e. The lowest BCUT2D eigenvalue weighted by Gasteiger charge is -2.13. The number of fused-ring (bicyclic) bond motifs is 1. The van der Waals surface area contributed by atoms with Crippen molar-refractivity contribution in [3.63, 3.8) is 0 Å². The molecule has 17 heavy (non-hydrogen) atoms. The molecule has 0 fully saturated rings. The van der Waals surface area contributed by atoms with Crippen LogP contribution in [0.1, 0.15) is 34.1 Å². The minimum absolute atomic E-state index is 0.217. The monoisotopic (exact) mass is 233 g/mol. The molecule has 1 aliphatic rings. The van der Waals surface area contributed by atoms with Crippen LogP contribution in [0.25, 0.3) is 0 Å². The van der Waals surface area contributed by atoms with Gasteiger partial charge in [0.1, 0.15) is 0 Å². The maximum atomic E-state index is 11.9. The van der Waals surface area contributed by atoms with E-state index in [1.54, 1.807) is 6.07 Å². The average Bonchev–Trinajstić information content (AvgIpc) is 2.60. The number of nitrogens with zero attached hydrogens (tertiary/aromatic N) is 2. The third-order valence-electron chi connectivity index (χ3n) is 2.71. The van der Waals surface area contributed by atoms with Gasteiger partial charge in [-0.05, 0) is 19.0 Å². The van der Waals surface area contributed by atoms with Crippen molar-refractivity contribution < 1.29 is 9.59 Å². The molecule has 0 spiro atoms. The second kappa shape index (κ2) is 5.05. The molecule has 2 rings (SSSR count). The van der Waals surface area contributed by atoms with Crippen molar-refractivity contribution in [2.75, 3.05) is 19.6 Å². The van der Waals surface area contributed by atoms with Gasteiger partial charge in [0.2, 0.25) is 0 Å². The van der Waals surface area contributed by atoms with E-state index in [0.29, 0.717) is 24.2 Å². The van der Waals surface area contributed by atoms with E-state index in [4.69, 9.17) is 0 Å². The van der Waals surface area contributed by atoms with Crippen molar-refractivity contribution in [3.8, 4) is 0 Å². The van der Waals surface area contributed by atoms with E-state index in [1.165, 1.54) is 17.3 Å². The molecule has 2 amide bonds. The van der Waals surface area contributed by atoms with Gasteiger partial charge < -0.3 is 5.32 Å². The van der Waals surface area contributed by atoms with Crippen LogP contribution in [0.4, 0.5) is 0 Å². The molecule has 90 valence electrons. The van der Waals surface area contributed by atoms with E-state index in [0.717, 1.165) is 13.0 Å². The van der Waals surface area contributed by atoms with Crippen molar-refractivity contribution in [3.05, 3.63) is 29.6 Å².